The number of terminal acetylenes is 1. The van der Waals surface area contributed by atoms with Crippen molar-refractivity contribution in [2.45, 2.75) is 19.4 Å². The van der Waals surface area contributed by atoms with Crippen molar-refractivity contribution < 1.29 is 9.90 Å². The summed E-state index contributed by atoms with van der Waals surface area (Å²) in [5.41, 5.74) is 0. The molecule has 0 saturated carbocycles. The van der Waals surface area contributed by atoms with Crippen LogP contribution in [0.3, 0.4) is 0 Å². The summed E-state index contributed by atoms with van der Waals surface area (Å²) in [6.07, 6.45) is 7.34. The van der Waals surface area contributed by atoms with Gasteiger partial charge in [0.15, 0.2) is 5.13 Å². The summed E-state index contributed by atoms with van der Waals surface area (Å²) in [6.45, 7) is 1.95. The molecule has 74 valence electrons. The van der Waals surface area contributed by atoms with Gasteiger partial charge in [-0.2, -0.15) is 0 Å². The van der Waals surface area contributed by atoms with Crippen molar-refractivity contribution in [3.63, 3.8) is 0 Å². The van der Waals surface area contributed by atoms with Crippen LogP contribution in [-0.2, 0) is 0 Å². The normalized spacial score (nSPS) is 11.7. The van der Waals surface area contributed by atoms with E-state index < -0.39 is 5.97 Å². The van der Waals surface area contributed by atoms with E-state index >= 15 is 0 Å². The van der Waals surface area contributed by atoms with Gasteiger partial charge in [0.25, 0.3) is 0 Å². The highest BCUT2D eigenvalue weighted by Gasteiger charge is 2.10. The molecule has 0 bridgehead atoms. The molecule has 1 aromatic rings. The lowest BCUT2D eigenvalue weighted by Crippen LogP contribution is -2.15. The average molecular weight is 210 g/mol. The number of nitrogens with one attached hydrogen (secondary N) is 1. The summed E-state index contributed by atoms with van der Waals surface area (Å²) >= 11 is 1.08. The zero-order chi connectivity index (χ0) is 10.6. The molecule has 0 spiro atoms. The van der Waals surface area contributed by atoms with Crippen LogP contribution in [-0.4, -0.2) is 22.1 Å². The van der Waals surface area contributed by atoms with Gasteiger partial charge in [0.05, 0.1) is 12.2 Å². The Morgan fingerprint density at radius 1 is 1.93 bits per heavy atom. The van der Waals surface area contributed by atoms with E-state index in [2.05, 4.69) is 16.2 Å². The number of carboxylic acid groups (broad SMARTS) is 1. The van der Waals surface area contributed by atoms with Gasteiger partial charge in [0.1, 0.15) is 4.88 Å². The maximum atomic E-state index is 10.5. The lowest BCUT2D eigenvalue weighted by Gasteiger charge is -2.07. The van der Waals surface area contributed by atoms with Gasteiger partial charge in [-0.25, -0.2) is 9.78 Å². The largest absolute Gasteiger partial charge is 0.477 e. The van der Waals surface area contributed by atoms with Crippen molar-refractivity contribution in [2.24, 2.45) is 0 Å². The summed E-state index contributed by atoms with van der Waals surface area (Å²) in [7, 11) is 0. The first-order valence-corrected chi connectivity index (χ1v) is 4.90. The molecule has 1 rings (SSSR count). The molecule has 4 nitrogen and oxygen atoms in total. The van der Waals surface area contributed by atoms with Crippen LogP contribution in [0.15, 0.2) is 6.20 Å². The average Bonchev–Trinajstić information content (AvgIpc) is 2.62. The smallest absolute Gasteiger partial charge is 0.347 e. The zero-order valence-electron chi connectivity index (χ0n) is 7.65. The molecule has 14 heavy (non-hydrogen) atoms. The van der Waals surface area contributed by atoms with Crippen LogP contribution in [0.2, 0.25) is 0 Å². The molecular weight excluding hydrogens is 200 g/mol. The van der Waals surface area contributed by atoms with E-state index in [1.54, 1.807) is 0 Å². The first-order valence-electron chi connectivity index (χ1n) is 4.09. The highest BCUT2D eigenvalue weighted by atomic mass is 32.1. The third kappa shape index (κ3) is 2.47. The lowest BCUT2D eigenvalue weighted by atomic mass is 10.2. The van der Waals surface area contributed by atoms with E-state index in [0.29, 0.717) is 5.13 Å². The molecule has 1 aromatic heterocycles. The molecule has 0 aliphatic heterocycles. The van der Waals surface area contributed by atoms with Crippen LogP contribution < -0.4 is 5.32 Å². The standard InChI is InChI=1S/C9H10N2O2S/c1-3-6(4-2)11-9-10-5-7(14-9)8(12)13/h1,5-6H,4H2,2H3,(H,10,11)(H,12,13). The SMILES string of the molecule is C#CC(CC)Nc1ncc(C(=O)O)s1. The molecule has 0 amide bonds. The Kier molecular flexibility index (Phi) is 3.48. The fourth-order valence-corrected chi connectivity index (χ4v) is 1.56. The maximum Gasteiger partial charge on any atom is 0.347 e. The monoisotopic (exact) mass is 210 g/mol. The second-order valence-corrected chi connectivity index (χ2v) is 3.64. The number of aromatic carboxylic acids is 1. The number of rotatable bonds is 4. The quantitative estimate of drug-likeness (QED) is 0.742. The van der Waals surface area contributed by atoms with Gasteiger partial charge in [0.2, 0.25) is 0 Å². The number of carboxylic acids is 1. The first-order chi connectivity index (χ1) is 6.67. The molecular formula is C9H10N2O2S. The lowest BCUT2D eigenvalue weighted by molar-refractivity contribution is 0.0702. The Balaban J connectivity index is 2.69. The van der Waals surface area contributed by atoms with Crippen LogP contribution in [0.25, 0.3) is 0 Å². The van der Waals surface area contributed by atoms with Crippen LogP contribution in [0.4, 0.5) is 5.13 Å². The highest BCUT2D eigenvalue weighted by Crippen LogP contribution is 2.18. The number of hydrogen-bond acceptors (Lipinski definition) is 4. The Morgan fingerprint density at radius 3 is 3.07 bits per heavy atom. The minimum atomic E-state index is -0.968. The third-order valence-electron chi connectivity index (χ3n) is 1.62. The van der Waals surface area contributed by atoms with E-state index in [1.807, 2.05) is 6.92 Å². The molecule has 0 aliphatic rings. The highest BCUT2D eigenvalue weighted by molar-refractivity contribution is 7.17. The van der Waals surface area contributed by atoms with Crippen LogP contribution >= 0.6 is 11.3 Å². The van der Waals surface area contributed by atoms with Crippen molar-refractivity contribution >= 4 is 22.4 Å². The minimum Gasteiger partial charge on any atom is -0.477 e. The summed E-state index contributed by atoms with van der Waals surface area (Å²) in [6, 6.07) is -0.0946. The Bertz CT molecular complexity index is 367. The number of anilines is 1. The fraction of sp³-hybridized carbons (Fsp3) is 0.333. The predicted octanol–water partition coefficient (Wildman–Crippen LogP) is 1.66. The second-order valence-electron chi connectivity index (χ2n) is 2.61. The number of hydrogen-bond donors (Lipinski definition) is 2. The minimum absolute atomic E-state index is 0.0946. The topological polar surface area (TPSA) is 62.2 Å². The summed E-state index contributed by atoms with van der Waals surface area (Å²) in [4.78, 5) is 14.7. The molecule has 0 saturated heterocycles. The van der Waals surface area contributed by atoms with Crippen molar-refractivity contribution in [3.05, 3.63) is 11.1 Å². The molecule has 1 atom stereocenters. The summed E-state index contributed by atoms with van der Waals surface area (Å²) in [5, 5.41) is 12.2. The van der Waals surface area contributed by atoms with Crippen LogP contribution in [0.1, 0.15) is 23.0 Å². The molecule has 0 radical (unpaired) electrons. The molecule has 1 heterocycles. The van der Waals surface area contributed by atoms with Gasteiger partial charge in [0, 0.05) is 0 Å². The summed E-state index contributed by atoms with van der Waals surface area (Å²) < 4.78 is 0. The molecule has 0 aliphatic carbocycles. The van der Waals surface area contributed by atoms with E-state index in [0.717, 1.165) is 17.8 Å². The third-order valence-corrected chi connectivity index (χ3v) is 2.54. The fourth-order valence-electron chi connectivity index (χ4n) is 0.850. The predicted molar refractivity (Wildman–Crippen MR) is 55.6 cm³/mol. The van der Waals surface area contributed by atoms with Gasteiger partial charge in [-0.3, -0.25) is 0 Å². The zero-order valence-corrected chi connectivity index (χ0v) is 8.47. The second kappa shape index (κ2) is 4.63. The number of aromatic nitrogens is 1. The number of carbonyl (C=O) groups is 1. The van der Waals surface area contributed by atoms with E-state index in [1.165, 1.54) is 6.20 Å². The van der Waals surface area contributed by atoms with E-state index in [9.17, 15) is 4.79 Å². The van der Waals surface area contributed by atoms with Gasteiger partial charge in [-0.15, -0.1) is 6.42 Å². The van der Waals surface area contributed by atoms with Gasteiger partial charge >= 0.3 is 5.97 Å². The molecule has 5 heteroatoms. The number of nitrogens with zero attached hydrogens (tertiary/aromatic N) is 1. The van der Waals surface area contributed by atoms with Gasteiger partial charge in [-0.05, 0) is 6.42 Å². The van der Waals surface area contributed by atoms with Crippen molar-refractivity contribution in [3.8, 4) is 12.3 Å². The van der Waals surface area contributed by atoms with E-state index in [-0.39, 0.29) is 10.9 Å². The Morgan fingerprint density at radius 2 is 2.64 bits per heavy atom. The van der Waals surface area contributed by atoms with Crippen LogP contribution in [0.5, 0.6) is 0 Å². The molecule has 2 N–H and O–H groups in total. The maximum absolute atomic E-state index is 10.5. The molecule has 0 fully saturated rings. The van der Waals surface area contributed by atoms with Gasteiger partial charge in [-0.1, -0.05) is 24.2 Å². The van der Waals surface area contributed by atoms with E-state index in [4.69, 9.17) is 11.5 Å². The number of thiazole rings is 1. The van der Waals surface area contributed by atoms with Crippen molar-refractivity contribution in [1.82, 2.24) is 4.98 Å². The molecule has 1 unspecified atom stereocenters. The molecule has 0 aromatic carbocycles. The van der Waals surface area contributed by atoms with Gasteiger partial charge < -0.3 is 10.4 Å². The van der Waals surface area contributed by atoms with Crippen molar-refractivity contribution in [2.75, 3.05) is 5.32 Å². The van der Waals surface area contributed by atoms with Crippen LogP contribution in [0, 0.1) is 12.3 Å². The van der Waals surface area contributed by atoms with Crippen molar-refractivity contribution in [1.29, 1.82) is 0 Å². The first kappa shape index (κ1) is 10.5. The Hall–Kier alpha value is -1.54. The Labute approximate surface area is 86.0 Å². The summed E-state index contributed by atoms with van der Waals surface area (Å²) in [5.74, 6) is 1.58.